The second-order valence-electron chi connectivity index (χ2n) is 4.70. The van der Waals surface area contributed by atoms with Crippen molar-refractivity contribution in [3.05, 3.63) is 29.8 Å². The van der Waals surface area contributed by atoms with Crippen LogP contribution in [0.3, 0.4) is 0 Å². The monoisotopic (exact) mass is 285 g/mol. The normalized spacial score (nSPS) is 14.4. The molecule has 1 amide bonds. The molecule has 0 heterocycles. The Balaban J connectivity index is 2.06. The molecule has 0 spiro atoms. The fourth-order valence-corrected chi connectivity index (χ4v) is 2.13. The number of aliphatic hydroxyl groups is 1. The smallest absolute Gasteiger partial charge is 0.387 e. The van der Waals surface area contributed by atoms with Crippen molar-refractivity contribution in [2.75, 3.05) is 13.2 Å². The van der Waals surface area contributed by atoms with Crippen LogP contribution in [0.4, 0.5) is 8.78 Å². The molecule has 0 saturated heterocycles. The Morgan fingerprint density at radius 1 is 1.40 bits per heavy atom. The molecule has 0 unspecified atom stereocenters. The molecule has 1 fully saturated rings. The first-order chi connectivity index (χ1) is 9.61. The van der Waals surface area contributed by atoms with E-state index in [1.54, 1.807) is 23.1 Å². The van der Waals surface area contributed by atoms with Crippen LogP contribution in [0.25, 0.3) is 0 Å². The number of alkyl halides is 2. The number of ether oxygens (including phenoxy) is 1. The maximum Gasteiger partial charge on any atom is 0.387 e. The number of nitrogens with zero attached hydrogens (tertiary/aromatic N) is 1. The zero-order chi connectivity index (χ0) is 14.5. The lowest BCUT2D eigenvalue weighted by molar-refractivity contribution is -0.131. The summed E-state index contributed by atoms with van der Waals surface area (Å²) < 4.78 is 29.0. The fraction of sp³-hybridized carbons (Fsp3) is 0.500. The second kappa shape index (κ2) is 6.65. The van der Waals surface area contributed by atoms with Crippen molar-refractivity contribution < 1.29 is 23.4 Å². The number of para-hydroxylation sites is 1. The number of aliphatic hydroxyl groups excluding tert-OH is 1. The van der Waals surface area contributed by atoms with Gasteiger partial charge in [-0.15, -0.1) is 0 Å². The van der Waals surface area contributed by atoms with Gasteiger partial charge in [-0.1, -0.05) is 18.2 Å². The summed E-state index contributed by atoms with van der Waals surface area (Å²) in [5.41, 5.74) is 0.432. The summed E-state index contributed by atoms with van der Waals surface area (Å²) >= 11 is 0. The van der Waals surface area contributed by atoms with E-state index in [2.05, 4.69) is 4.74 Å². The van der Waals surface area contributed by atoms with E-state index in [-0.39, 0.29) is 37.3 Å². The maximum atomic E-state index is 12.3. The molecule has 0 bridgehead atoms. The van der Waals surface area contributed by atoms with E-state index in [0.717, 1.165) is 12.8 Å². The quantitative estimate of drug-likeness (QED) is 0.831. The molecule has 1 aromatic carbocycles. The summed E-state index contributed by atoms with van der Waals surface area (Å²) in [6.07, 6.45) is 1.86. The van der Waals surface area contributed by atoms with Crippen LogP contribution >= 0.6 is 0 Å². The SMILES string of the molecule is O=C(Cc1ccccc1OC(F)F)N(CCO)C1CC1. The van der Waals surface area contributed by atoms with Crippen LogP contribution in [0.5, 0.6) is 5.75 Å². The summed E-state index contributed by atoms with van der Waals surface area (Å²) in [6, 6.07) is 6.45. The van der Waals surface area contributed by atoms with Crippen molar-refractivity contribution in [1.82, 2.24) is 4.90 Å². The van der Waals surface area contributed by atoms with E-state index in [4.69, 9.17) is 5.11 Å². The summed E-state index contributed by atoms with van der Waals surface area (Å²) in [5.74, 6) is -0.150. The molecule has 1 aliphatic carbocycles. The largest absolute Gasteiger partial charge is 0.435 e. The zero-order valence-corrected chi connectivity index (χ0v) is 11.0. The molecule has 0 atom stereocenters. The maximum absolute atomic E-state index is 12.3. The summed E-state index contributed by atoms with van der Waals surface area (Å²) in [7, 11) is 0. The molecule has 0 aromatic heterocycles. The van der Waals surface area contributed by atoms with Crippen LogP contribution in [0, 0.1) is 0 Å². The summed E-state index contributed by atoms with van der Waals surface area (Å²) in [4.78, 5) is 13.8. The van der Waals surface area contributed by atoms with Crippen LogP contribution in [0.15, 0.2) is 24.3 Å². The molecule has 1 aliphatic rings. The number of benzene rings is 1. The predicted octanol–water partition coefficient (Wildman–Crippen LogP) is 1.81. The minimum absolute atomic E-state index is 0.000602. The van der Waals surface area contributed by atoms with E-state index in [1.807, 2.05) is 0 Å². The van der Waals surface area contributed by atoms with Gasteiger partial charge < -0.3 is 14.7 Å². The van der Waals surface area contributed by atoms with Gasteiger partial charge in [0.05, 0.1) is 13.0 Å². The molecular weight excluding hydrogens is 268 g/mol. The van der Waals surface area contributed by atoms with Gasteiger partial charge in [-0.3, -0.25) is 4.79 Å². The third kappa shape index (κ3) is 3.90. The summed E-state index contributed by atoms with van der Waals surface area (Å²) in [5, 5.41) is 8.98. The highest BCUT2D eigenvalue weighted by Crippen LogP contribution is 2.28. The van der Waals surface area contributed by atoms with Gasteiger partial charge in [-0.2, -0.15) is 8.78 Å². The predicted molar refractivity (Wildman–Crippen MR) is 68.6 cm³/mol. The Bertz CT molecular complexity index is 463. The van der Waals surface area contributed by atoms with E-state index < -0.39 is 6.61 Å². The number of amides is 1. The molecule has 0 aliphatic heterocycles. The number of halogens is 2. The average molecular weight is 285 g/mol. The Morgan fingerprint density at radius 2 is 2.10 bits per heavy atom. The number of rotatable bonds is 7. The Hall–Kier alpha value is -1.69. The molecule has 1 saturated carbocycles. The van der Waals surface area contributed by atoms with Gasteiger partial charge in [-0.05, 0) is 18.9 Å². The third-order valence-corrected chi connectivity index (χ3v) is 3.18. The molecule has 4 nitrogen and oxygen atoms in total. The van der Waals surface area contributed by atoms with Gasteiger partial charge in [0.15, 0.2) is 0 Å². The van der Waals surface area contributed by atoms with Crippen LogP contribution in [-0.4, -0.2) is 41.7 Å². The molecule has 1 N–H and O–H groups in total. The molecular formula is C14H17F2NO3. The lowest BCUT2D eigenvalue weighted by Gasteiger charge is -2.22. The fourth-order valence-electron chi connectivity index (χ4n) is 2.13. The number of carbonyl (C=O) groups is 1. The minimum Gasteiger partial charge on any atom is -0.435 e. The Labute approximate surface area is 116 Å². The number of hydrogen-bond donors (Lipinski definition) is 1. The van der Waals surface area contributed by atoms with Crippen molar-refractivity contribution in [3.8, 4) is 5.75 Å². The first-order valence-corrected chi connectivity index (χ1v) is 6.55. The molecule has 20 heavy (non-hydrogen) atoms. The van der Waals surface area contributed by atoms with Gasteiger partial charge in [0.25, 0.3) is 0 Å². The highest BCUT2D eigenvalue weighted by atomic mass is 19.3. The van der Waals surface area contributed by atoms with E-state index in [0.29, 0.717) is 5.56 Å². The van der Waals surface area contributed by atoms with Crippen molar-refractivity contribution in [2.45, 2.75) is 31.9 Å². The van der Waals surface area contributed by atoms with Crippen LogP contribution in [0.2, 0.25) is 0 Å². The van der Waals surface area contributed by atoms with Gasteiger partial charge in [0.2, 0.25) is 5.91 Å². The lowest BCUT2D eigenvalue weighted by Crippen LogP contribution is -2.36. The molecule has 6 heteroatoms. The number of carbonyl (C=O) groups excluding carboxylic acids is 1. The van der Waals surface area contributed by atoms with Crippen molar-refractivity contribution in [1.29, 1.82) is 0 Å². The standard InChI is InChI=1S/C14H17F2NO3/c15-14(16)20-12-4-2-1-3-10(12)9-13(19)17(7-8-18)11-5-6-11/h1-4,11,14,18H,5-9H2. The molecule has 1 aromatic rings. The van der Waals surface area contributed by atoms with Crippen LogP contribution in [-0.2, 0) is 11.2 Å². The van der Waals surface area contributed by atoms with Gasteiger partial charge in [0.1, 0.15) is 5.75 Å². The first-order valence-electron chi connectivity index (χ1n) is 6.55. The zero-order valence-electron chi connectivity index (χ0n) is 11.0. The van der Waals surface area contributed by atoms with E-state index in [1.165, 1.54) is 6.07 Å². The van der Waals surface area contributed by atoms with Crippen molar-refractivity contribution in [3.63, 3.8) is 0 Å². The van der Waals surface area contributed by atoms with Crippen molar-refractivity contribution >= 4 is 5.91 Å². The van der Waals surface area contributed by atoms with Gasteiger partial charge in [0, 0.05) is 18.2 Å². The van der Waals surface area contributed by atoms with Gasteiger partial charge >= 0.3 is 6.61 Å². The summed E-state index contributed by atoms with van der Waals surface area (Å²) in [6.45, 7) is -2.73. The molecule has 110 valence electrons. The van der Waals surface area contributed by atoms with E-state index >= 15 is 0 Å². The average Bonchev–Trinajstić information content (AvgIpc) is 3.22. The molecule has 2 rings (SSSR count). The Morgan fingerprint density at radius 3 is 2.70 bits per heavy atom. The van der Waals surface area contributed by atoms with Crippen molar-refractivity contribution in [2.24, 2.45) is 0 Å². The Kier molecular flexibility index (Phi) is 4.89. The first kappa shape index (κ1) is 14.7. The number of hydrogen-bond acceptors (Lipinski definition) is 3. The van der Waals surface area contributed by atoms with Gasteiger partial charge in [-0.25, -0.2) is 0 Å². The highest BCUT2D eigenvalue weighted by molar-refractivity contribution is 5.80. The van der Waals surface area contributed by atoms with Crippen LogP contribution < -0.4 is 4.74 Å². The van der Waals surface area contributed by atoms with E-state index in [9.17, 15) is 13.6 Å². The third-order valence-electron chi connectivity index (χ3n) is 3.18. The minimum atomic E-state index is -2.91. The van der Waals surface area contributed by atoms with Crippen LogP contribution in [0.1, 0.15) is 18.4 Å². The second-order valence-corrected chi connectivity index (χ2v) is 4.70. The topological polar surface area (TPSA) is 49.8 Å². The lowest BCUT2D eigenvalue weighted by atomic mass is 10.1. The molecule has 0 radical (unpaired) electrons. The highest BCUT2D eigenvalue weighted by Gasteiger charge is 2.32.